The van der Waals surface area contributed by atoms with E-state index in [4.69, 9.17) is 21.1 Å². The molecule has 2 rings (SSSR count). The summed E-state index contributed by atoms with van der Waals surface area (Å²) < 4.78 is 11.0. The second-order valence-corrected chi connectivity index (χ2v) is 7.03. The van der Waals surface area contributed by atoms with E-state index in [9.17, 15) is 4.79 Å². The SMILES string of the molecule is CCCCCCCCOc1ccc(C(=O)Oc2ccc(S)c(Cl)c2)cc1. The van der Waals surface area contributed by atoms with Crippen molar-refractivity contribution in [3.63, 3.8) is 0 Å². The first kappa shape index (κ1) is 20.7. The van der Waals surface area contributed by atoms with Gasteiger partial charge in [0.15, 0.2) is 0 Å². The molecular formula is C21H25ClO3S. The lowest BCUT2D eigenvalue weighted by Gasteiger charge is -2.08. The van der Waals surface area contributed by atoms with Gasteiger partial charge in [0.2, 0.25) is 0 Å². The number of esters is 1. The number of unbranched alkanes of at least 4 members (excludes halogenated alkanes) is 5. The van der Waals surface area contributed by atoms with Crippen LogP contribution in [-0.4, -0.2) is 12.6 Å². The normalized spacial score (nSPS) is 10.6. The first-order valence-electron chi connectivity index (χ1n) is 9.03. The van der Waals surface area contributed by atoms with Crippen molar-refractivity contribution in [2.24, 2.45) is 0 Å². The first-order valence-corrected chi connectivity index (χ1v) is 9.86. The molecule has 2 aromatic carbocycles. The van der Waals surface area contributed by atoms with Crippen molar-refractivity contribution in [3.05, 3.63) is 53.1 Å². The number of hydrogen-bond acceptors (Lipinski definition) is 4. The van der Waals surface area contributed by atoms with Crippen LogP contribution in [0.25, 0.3) is 0 Å². The summed E-state index contributed by atoms with van der Waals surface area (Å²) in [4.78, 5) is 12.8. The highest BCUT2D eigenvalue weighted by molar-refractivity contribution is 7.80. The summed E-state index contributed by atoms with van der Waals surface area (Å²) in [6, 6.07) is 11.9. The molecule has 0 bridgehead atoms. The van der Waals surface area contributed by atoms with Gasteiger partial charge in [0.05, 0.1) is 17.2 Å². The summed E-state index contributed by atoms with van der Waals surface area (Å²) in [5.41, 5.74) is 0.461. The molecule has 0 atom stereocenters. The molecule has 0 fully saturated rings. The van der Waals surface area contributed by atoms with Crippen molar-refractivity contribution in [1.29, 1.82) is 0 Å². The number of carbonyl (C=O) groups excluding carboxylic acids is 1. The van der Waals surface area contributed by atoms with Crippen LogP contribution < -0.4 is 9.47 Å². The van der Waals surface area contributed by atoms with Crippen molar-refractivity contribution in [2.45, 2.75) is 50.3 Å². The summed E-state index contributed by atoms with van der Waals surface area (Å²) in [5, 5.41) is 0.442. The minimum absolute atomic E-state index is 0.390. The van der Waals surface area contributed by atoms with Gasteiger partial charge in [0.1, 0.15) is 11.5 Å². The molecule has 0 saturated heterocycles. The van der Waals surface area contributed by atoms with Crippen LogP contribution in [0.4, 0.5) is 0 Å². The van der Waals surface area contributed by atoms with Crippen LogP contribution in [-0.2, 0) is 0 Å². The number of thiol groups is 1. The molecule has 0 aliphatic carbocycles. The van der Waals surface area contributed by atoms with E-state index in [0.717, 1.165) is 12.2 Å². The maximum atomic E-state index is 12.2. The smallest absolute Gasteiger partial charge is 0.343 e. The topological polar surface area (TPSA) is 35.5 Å². The maximum absolute atomic E-state index is 12.2. The lowest BCUT2D eigenvalue weighted by atomic mass is 10.1. The van der Waals surface area contributed by atoms with Gasteiger partial charge in [-0.05, 0) is 42.8 Å². The van der Waals surface area contributed by atoms with Crippen molar-refractivity contribution in [1.82, 2.24) is 0 Å². The van der Waals surface area contributed by atoms with Crippen LogP contribution in [0.3, 0.4) is 0 Å². The van der Waals surface area contributed by atoms with Gasteiger partial charge in [-0.3, -0.25) is 0 Å². The van der Waals surface area contributed by atoms with E-state index in [1.54, 1.807) is 42.5 Å². The second-order valence-electron chi connectivity index (χ2n) is 6.14. The van der Waals surface area contributed by atoms with E-state index in [2.05, 4.69) is 19.6 Å². The van der Waals surface area contributed by atoms with Gasteiger partial charge in [-0.1, -0.05) is 50.6 Å². The summed E-state index contributed by atoms with van der Waals surface area (Å²) >= 11 is 10.2. The third kappa shape index (κ3) is 6.93. The Kier molecular flexibility index (Phi) is 8.86. The molecule has 0 aromatic heterocycles. The number of halogens is 1. The molecule has 26 heavy (non-hydrogen) atoms. The van der Waals surface area contributed by atoms with Crippen molar-refractivity contribution in [3.8, 4) is 11.5 Å². The molecule has 0 amide bonds. The second kappa shape index (κ2) is 11.1. The molecule has 5 heteroatoms. The largest absolute Gasteiger partial charge is 0.494 e. The highest BCUT2D eigenvalue weighted by atomic mass is 35.5. The molecule has 0 unspecified atom stereocenters. The van der Waals surface area contributed by atoms with Crippen LogP contribution in [0.1, 0.15) is 55.8 Å². The maximum Gasteiger partial charge on any atom is 0.343 e. The zero-order chi connectivity index (χ0) is 18.8. The summed E-state index contributed by atoms with van der Waals surface area (Å²) in [7, 11) is 0. The molecule has 0 aliphatic heterocycles. The Balaban J connectivity index is 1.77. The lowest BCUT2D eigenvalue weighted by Crippen LogP contribution is -2.08. The molecular weight excluding hydrogens is 368 g/mol. The van der Waals surface area contributed by atoms with Crippen LogP contribution in [0.5, 0.6) is 11.5 Å². The molecule has 0 aliphatic rings. The average molecular weight is 393 g/mol. The summed E-state index contributed by atoms with van der Waals surface area (Å²) in [6.45, 7) is 2.92. The fourth-order valence-electron chi connectivity index (χ4n) is 2.48. The van der Waals surface area contributed by atoms with E-state index in [0.29, 0.717) is 27.8 Å². The zero-order valence-electron chi connectivity index (χ0n) is 15.0. The molecule has 0 spiro atoms. The van der Waals surface area contributed by atoms with E-state index in [1.165, 1.54) is 32.1 Å². The standard InChI is InChI=1S/C21H25ClO3S/c1-2-3-4-5-6-7-14-24-17-10-8-16(9-11-17)21(23)25-18-12-13-20(26)19(22)15-18/h8-13,15,26H,2-7,14H2,1H3. The Morgan fingerprint density at radius 3 is 2.31 bits per heavy atom. The van der Waals surface area contributed by atoms with E-state index < -0.39 is 5.97 Å². The Labute approximate surface area is 166 Å². The summed E-state index contributed by atoms with van der Waals surface area (Å²) in [6.07, 6.45) is 7.38. The quantitative estimate of drug-likeness (QED) is 0.214. The number of hydrogen-bond donors (Lipinski definition) is 1. The molecule has 0 saturated carbocycles. The lowest BCUT2D eigenvalue weighted by molar-refractivity contribution is 0.0734. The first-order chi connectivity index (χ1) is 12.6. The molecule has 0 radical (unpaired) electrons. The Morgan fingerprint density at radius 1 is 0.962 bits per heavy atom. The predicted octanol–water partition coefficient (Wildman–Crippen LogP) is 6.59. The molecule has 0 N–H and O–H groups in total. The zero-order valence-corrected chi connectivity index (χ0v) is 16.7. The minimum Gasteiger partial charge on any atom is -0.494 e. The van der Waals surface area contributed by atoms with E-state index in [-0.39, 0.29) is 0 Å². The monoisotopic (exact) mass is 392 g/mol. The van der Waals surface area contributed by atoms with Crippen molar-refractivity contribution >= 4 is 30.2 Å². The van der Waals surface area contributed by atoms with Crippen LogP contribution in [0, 0.1) is 0 Å². The minimum atomic E-state index is -0.435. The van der Waals surface area contributed by atoms with Crippen LogP contribution in [0.2, 0.25) is 5.02 Å². The highest BCUT2D eigenvalue weighted by Gasteiger charge is 2.10. The Bertz CT molecular complexity index is 701. The predicted molar refractivity (Wildman–Crippen MR) is 109 cm³/mol. The number of rotatable bonds is 10. The van der Waals surface area contributed by atoms with Gasteiger partial charge in [-0.25, -0.2) is 4.79 Å². The van der Waals surface area contributed by atoms with E-state index >= 15 is 0 Å². The van der Waals surface area contributed by atoms with Gasteiger partial charge in [-0.15, -0.1) is 12.6 Å². The van der Waals surface area contributed by atoms with Gasteiger partial charge in [0.25, 0.3) is 0 Å². The summed E-state index contributed by atoms with van der Waals surface area (Å²) in [5.74, 6) is 0.717. The Morgan fingerprint density at radius 2 is 1.62 bits per heavy atom. The van der Waals surface area contributed by atoms with Crippen molar-refractivity contribution in [2.75, 3.05) is 6.61 Å². The van der Waals surface area contributed by atoms with Crippen molar-refractivity contribution < 1.29 is 14.3 Å². The average Bonchev–Trinajstić information content (AvgIpc) is 2.64. The third-order valence-electron chi connectivity index (χ3n) is 3.99. The van der Waals surface area contributed by atoms with Crippen LogP contribution >= 0.6 is 24.2 Å². The molecule has 2 aromatic rings. The molecule has 140 valence electrons. The van der Waals surface area contributed by atoms with Gasteiger partial charge in [0, 0.05) is 11.0 Å². The number of ether oxygens (including phenoxy) is 2. The van der Waals surface area contributed by atoms with Gasteiger partial charge in [-0.2, -0.15) is 0 Å². The molecule has 0 heterocycles. The highest BCUT2D eigenvalue weighted by Crippen LogP contribution is 2.25. The van der Waals surface area contributed by atoms with Crippen LogP contribution in [0.15, 0.2) is 47.4 Å². The number of carbonyl (C=O) groups is 1. The Hall–Kier alpha value is -1.65. The fourth-order valence-corrected chi connectivity index (χ4v) is 2.79. The van der Waals surface area contributed by atoms with Gasteiger partial charge >= 0.3 is 5.97 Å². The van der Waals surface area contributed by atoms with E-state index in [1.807, 2.05) is 0 Å². The number of benzene rings is 2. The molecule has 3 nitrogen and oxygen atoms in total. The third-order valence-corrected chi connectivity index (χ3v) is 4.82. The fraction of sp³-hybridized carbons (Fsp3) is 0.381. The van der Waals surface area contributed by atoms with Gasteiger partial charge < -0.3 is 9.47 Å².